The summed E-state index contributed by atoms with van der Waals surface area (Å²) in [5.74, 6) is -0.256. The lowest BCUT2D eigenvalue weighted by Gasteiger charge is -2.41. The van der Waals surface area contributed by atoms with Gasteiger partial charge in [-0.1, -0.05) is 18.2 Å². The number of nitrogens with zero attached hydrogens (tertiary/aromatic N) is 1. The van der Waals surface area contributed by atoms with Crippen LogP contribution in [-0.2, 0) is 11.3 Å². The van der Waals surface area contributed by atoms with Gasteiger partial charge in [-0.15, -0.1) is 0 Å². The first kappa shape index (κ1) is 9.98. The van der Waals surface area contributed by atoms with Crippen molar-refractivity contribution < 1.29 is 4.79 Å². The molecule has 1 aromatic rings. The van der Waals surface area contributed by atoms with Crippen LogP contribution >= 0.6 is 0 Å². The summed E-state index contributed by atoms with van der Waals surface area (Å²) in [6.07, 6.45) is 0.842. The van der Waals surface area contributed by atoms with Crippen LogP contribution in [-0.4, -0.2) is 18.5 Å². The monoisotopic (exact) mass is 205 g/mol. The minimum Gasteiger partial charge on any atom is -0.368 e. The Hall–Kier alpha value is -1.55. The number of rotatable bonds is 3. The molecular formula is C11H15N3O. The second kappa shape index (κ2) is 3.90. The topological polar surface area (TPSA) is 72.3 Å². The van der Waals surface area contributed by atoms with Gasteiger partial charge in [-0.25, -0.2) is 0 Å². The maximum absolute atomic E-state index is 11.1. The van der Waals surface area contributed by atoms with Crippen molar-refractivity contribution in [1.82, 2.24) is 0 Å². The zero-order valence-electron chi connectivity index (χ0n) is 8.52. The van der Waals surface area contributed by atoms with Gasteiger partial charge in [-0.05, 0) is 18.1 Å². The first-order chi connectivity index (χ1) is 7.24. The molecule has 1 aliphatic rings. The van der Waals surface area contributed by atoms with E-state index in [1.54, 1.807) is 0 Å². The Bertz CT molecular complexity index is 378. The summed E-state index contributed by atoms with van der Waals surface area (Å²) in [4.78, 5) is 13.1. The van der Waals surface area contributed by atoms with E-state index in [1.807, 2.05) is 29.2 Å². The van der Waals surface area contributed by atoms with Crippen LogP contribution in [0.3, 0.4) is 0 Å². The molecule has 1 aromatic carbocycles. The Morgan fingerprint density at radius 3 is 2.73 bits per heavy atom. The van der Waals surface area contributed by atoms with Gasteiger partial charge < -0.3 is 16.4 Å². The van der Waals surface area contributed by atoms with Crippen molar-refractivity contribution in [1.29, 1.82) is 0 Å². The summed E-state index contributed by atoms with van der Waals surface area (Å²) >= 11 is 0. The van der Waals surface area contributed by atoms with Gasteiger partial charge in [0, 0.05) is 18.8 Å². The van der Waals surface area contributed by atoms with E-state index in [2.05, 4.69) is 0 Å². The van der Waals surface area contributed by atoms with Crippen molar-refractivity contribution >= 4 is 11.6 Å². The number of nitrogens with two attached hydrogens (primary N) is 2. The minimum absolute atomic E-state index is 0.155. The number of amides is 1. The van der Waals surface area contributed by atoms with Gasteiger partial charge in [0.15, 0.2) is 0 Å². The zero-order chi connectivity index (χ0) is 10.8. The average molecular weight is 205 g/mol. The van der Waals surface area contributed by atoms with Crippen LogP contribution in [0.2, 0.25) is 0 Å². The molecule has 1 heterocycles. The first-order valence-electron chi connectivity index (χ1n) is 5.08. The van der Waals surface area contributed by atoms with Crippen molar-refractivity contribution in [2.24, 2.45) is 11.5 Å². The predicted octanol–water partition coefficient (Wildman–Crippen LogP) is 0.209. The molecular weight excluding hydrogens is 190 g/mol. The van der Waals surface area contributed by atoms with Gasteiger partial charge in [0.1, 0.15) is 6.04 Å². The first-order valence-corrected chi connectivity index (χ1v) is 5.08. The lowest BCUT2D eigenvalue weighted by atomic mass is 9.99. The van der Waals surface area contributed by atoms with E-state index in [-0.39, 0.29) is 11.9 Å². The van der Waals surface area contributed by atoms with Gasteiger partial charge in [0.2, 0.25) is 5.91 Å². The summed E-state index contributed by atoms with van der Waals surface area (Å²) < 4.78 is 0. The molecule has 0 radical (unpaired) electrons. The van der Waals surface area contributed by atoms with Crippen molar-refractivity contribution in [3.63, 3.8) is 0 Å². The Morgan fingerprint density at radius 1 is 1.47 bits per heavy atom. The Morgan fingerprint density at radius 2 is 2.20 bits per heavy atom. The lowest BCUT2D eigenvalue weighted by Crippen LogP contribution is -2.55. The zero-order valence-corrected chi connectivity index (χ0v) is 8.52. The largest absolute Gasteiger partial charge is 0.368 e. The summed E-state index contributed by atoms with van der Waals surface area (Å²) in [5, 5.41) is 0. The van der Waals surface area contributed by atoms with Crippen LogP contribution in [0, 0.1) is 0 Å². The van der Waals surface area contributed by atoms with Crippen LogP contribution < -0.4 is 16.4 Å². The second-order valence-electron chi connectivity index (χ2n) is 3.73. The molecule has 0 aliphatic carbocycles. The molecule has 0 saturated carbocycles. The second-order valence-corrected chi connectivity index (χ2v) is 3.73. The SMILES string of the molecule is NCc1ccccc1N1CCC1C(N)=O. The highest BCUT2D eigenvalue weighted by Gasteiger charge is 2.33. The Labute approximate surface area is 88.9 Å². The molecule has 4 N–H and O–H groups in total. The number of primary amides is 1. The van der Waals surface area contributed by atoms with Gasteiger partial charge in [0.25, 0.3) is 0 Å². The van der Waals surface area contributed by atoms with Gasteiger partial charge in [-0.2, -0.15) is 0 Å². The highest BCUT2D eigenvalue weighted by Crippen LogP contribution is 2.29. The Kier molecular flexibility index (Phi) is 2.60. The third kappa shape index (κ3) is 1.68. The molecule has 4 heteroatoms. The highest BCUT2D eigenvalue weighted by atomic mass is 16.1. The quantitative estimate of drug-likeness (QED) is 0.741. The molecule has 2 rings (SSSR count). The van der Waals surface area contributed by atoms with Crippen LogP contribution in [0.1, 0.15) is 12.0 Å². The predicted molar refractivity (Wildman–Crippen MR) is 59.3 cm³/mol. The molecule has 0 aromatic heterocycles. The fourth-order valence-electron chi connectivity index (χ4n) is 1.94. The smallest absolute Gasteiger partial charge is 0.240 e. The van der Waals surface area contributed by atoms with E-state index in [0.717, 1.165) is 24.2 Å². The molecule has 80 valence electrons. The van der Waals surface area contributed by atoms with Crippen molar-refractivity contribution in [2.75, 3.05) is 11.4 Å². The molecule has 1 atom stereocenters. The normalized spacial score (nSPS) is 19.8. The number of carbonyl (C=O) groups excluding carboxylic acids is 1. The third-order valence-electron chi connectivity index (χ3n) is 2.87. The third-order valence-corrected chi connectivity index (χ3v) is 2.87. The van der Waals surface area contributed by atoms with E-state index in [0.29, 0.717) is 6.54 Å². The number of benzene rings is 1. The lowest BCUT2D eigenvalue weighted by molar-refractivity contribution is -0.120. The fraction of sp³-hybridized carbons (Fsp3) is 0.364. The number of hydrogen-bond donors (Lipinski definition) is 2. The number of hydrogen-bond acceptors (Lipinski definition) is 3. The molecule has 1 aliphatic heterocycles. The molecule has 1 amide bonds. The van der Waals surface area contributed by atoms with Crippen molar-refractivity contribution in [2.45, 2.75) is 19.0 Å². The van der Waals surface area contributed by atoms with Crippen LogP contribution in [0.15, 0.2) is 24.3 Å². The molecule has 0 bridgehead atoms. The standard InChI is InChI=1S/C11H15N3O/c12-7-8-3-1-2-4-9(8)14-6-5-10(14)11(13)15/h1-4,10H,5-7,12H2,(H2,13,15). The summed E-state index contributed by atoms with van der Waals surface area (Å²) in [6, 6.07) is 7.70. The van der Waals surface area contributed by atoms with Crippen molar-refractivity contribution in [3.8, 4) is 0 Å². The maximum Gasteiger partial charge on any atom is 0.240 e. The Balaban J connectivity index is 2.26. The average Bonchev–Trinajstić information content (AvgIpc) is 2.16. The molecule has 1 unspecified atom stereocenters. The number of anilines is 1. The van der Waals surface area contributed by atoms with Crippen LogP contribution in [0.5, 0.6) is 0 Å². The summed E-state index contributed by atoms with van der Waals surface area (Å²) in [7, 11) is 0. The van der Waals surface area contributed by atoms with Gasteiger partial charge >= 0.3 is 0 Å². The molecule has 1 saturated heterocycles. The van der Waals surface area contributed by atoms with Gasteiger partial charge in [0.05, 0.1) is 0 Å². The minimum atomic E-state index is -0.256. The van der Waals surface area contributed by atoms with Crippen LogP contribution in [0.4, 0.5) is 5.69 Å². The molecule has 4 nitrogen and oxygen atoms in total. The number of carbonyl (C=O) groups is 1. The fourth-order valence-corrected chi connectivity index (χ4v) is 1.94. The van der Waals surface area contributed by atoms with E-state index in [4.69, 9.17) is 11.5 Å². The maximum atomic E-state index is 11.1. The summed E-state index contributed by atoms with van der Waals surface area (Å²) in [5.41, 5.74) is 13.0. The van der Waals surface area contributed by atoms with E-state index >= 15 is 0 Å². The highest BCUT2D eigenvalue weighted by molar-refractivity contribution is 5.85. The molecule has 0 spiro atoms. The van der Waals surface area contributed by atoms with Crippen LogP contribution in [0.25, 0.3) is 0 Å². The van der Waals surface area contributed by atoms with E-state index < -0.39 is 0 Å². The summed E-state index contributed by atoms with van der Waals surface area (Å²) in [6.45, 7) is 1.36. The molecule has 1 fully saturated rings. The van der Waals surface area contributed by atoms with E-state index in [1.165, 1.54) is 0 Å². The number of para-hydroxylation sites is 1. The van der Waals surface area contributed by atoms with Crippen molar-refractivity contribution in [3.05, 3.63) is 29.8 Å². The molecule has 15 heavy (non-hydrogen) atoms. The van der Waals surface area contributed by atoms with E-state index in [9.17, 15) is 4.79 Å². The van der Waals surface area contributed by atoms with Gasteiger partial charge in [-0.3, -0.25) is 4.79 Å².